The second kappa shape index (κ2) is 7.47. The summed E-state index contributed by atoms with van der Waals surface area (Å²) in [6.07, 6.45) is 1.41. The summed E-state index contributed by atoms with van der Waals surface area (Å²) >= 11 is 18.2. The third-order valence-corrected chi connectivity index (χ3v) is 7.28. The van der Waals surface area contributed by atoms with E-state index < -0.39 is 25.5 Å². The van der Waals surface area contributed by atoms with Crippen LogP contribution in [0, 0.1) is 5.41 Å². The molecule has 29 heavy (non-hydrogen) atoms. The summed E-state index contributed by atoms with van der Waals surface area (Å²) in [5, 5.41) is 5.52. The van der Waals surface area contributed by atoms with E-state index in [1.807, 2.05) is 0 Å². The Morgan fingerprint density at radius 2 is 1.72 bits per heavy atom. The molecule has 0 heterocycles. The van der Waals surface area contributed by atoms with Crippen molar-refractivity contribution in [2.75, 3.05) is 16.9 Å². The molecule has 1 saturated carbocycles. The summed E-state index contributed by atoms with van der Waals surface area (Å²) in [6, 6.07) is 10.3. The topological polar surface area (TPSA) is 92.3 Å². The molecule has 1 atom stereocenters. The summed E-state index contributed by atoms with van der Waals surface area (Å²) in [5.74, 6) is -0.846. The highest BCUT2D eigenvalue weighted by atomic mass is 35.5. The molecule has 1 unspecified atom stereocenters. The quantitative estimate of drug-likeness (QED) is 0.622. The highest BCUT2D eigenvalue weighted by Gasteiger charge is 2.67. The van der Waals surface area contributed by atoms with E-state index in [4.69, 9.17) is 34.8 Å². The van der Waals surface area contributed by atoms with Crippen molar-refractivity contribution < 1.29 is 18.0 Å². The summed E-state index contributed by atoms with van der Waals surface area (Å²) in [7, 11) is -3.44. The fourth-order valence-electron chi connectivity index (χ4n) is 2.67. The predicted molar refractivity (Wildman–Crippen MR) is 115 cm³/mol. The molecule has 2 aromatic carbocycles. The molecule has 10 heteroatoms. The summed E-state index contributed by atoms with van der Waals surface area (Å²) < 4.78 is 22.2. The van der Waals surface area contributed by atoms with Gasteiger partial charge in [-0.15, -0.1) is 23.2 Å². The number of nitrogens with one attached hydrogen (secondary N) is 2. The molecule has 2 amide bonds. The first-order chi connectivity index (χ1) is 13.3. The fourth-order valence-corrected chi connectivity index (χ4v) is 4.27. The van der Waals surface area contributed by atoms with Crippen LogP contribution >= 0.6 is 34.8 Å². The number of benzene rings is 2. The molecule has 0 aromatic heterocycles. The number of hydrogen-bond acceptors (Lipinski definition) is 4. The molecule has 3 rings (SSSR count). The second-order valence-electron chi connectivity index (χ2n) is 7.12. The predicted octanol–water partition coefficient (Wildman–Crippen LogP) is 4.52. The van der Waals surface area contributed by atoms with E-state index in [9.17, 15) is 18.0 Å². The van der Waals surface area contributed by atoms with E-state index in [0.717, 1.165) is 6.26 Å². The molecule has 1 aliphatic carbocycles. The van der Waals surface area contributed by atoms with Crippen LogP contribution in [0.15, 0.2) is 47.4 Å². The summed E-state index contributed by atoms with van der Waals surface area (Å²) in [6.45, 7) is 1.67. The average Bonchev–Trinajstić information content (AvgIpc) is 3.16. The minimum Gasteiger partial charge on any atom is -0.325 e. The lowest BCUT2D eigenvalue weighted by Crippen LogP contribution is -2.25. The number of amides is 2. The zero-order chi connectivity index (χ0) is 21.6. The summed E-state index contributed by atoms with van der Waals surface area (Å²) in [5.41, 5.74) is 0.0270. The number of hydrogen-bond donors (Lipinski definition) is 2. The Morgan fingerprint density at radius 3 is 2.28 bits per heavy atom. The van der Waals surface area contributed by atoms with Crippen molar-refractivity contribution in [3.8, 4) is 0 Å². The zero-order valence-corrected chi connectivity index (χ0v) is 18.5. The first-order valence-corrected chi connectivity index (χ1v) is 11.5. The van der Waals surface area contributed by atoms with Crippen molar-refractivity contribution in [3.63, 3.8) is 0 Å². The van der Waals surface area contributed by atoms with Gasteiger partial charge in [-0.25, -0.2) is 8.42 Å². The number of sulfone groups is 1. The van der Waals surface area contributed by atoms with Gasteiger partial charge in [0.15, 0.2) is 9.84 Å². The van der Waals surface area contributed by atoms with Gasteiger partial charge in [0, 0.05) is 17.5 Å². The maximum atomic E-state index is 12.5. The minimum atomic E-state index is -3.44. The molecule has 154 valence electrons. The van der Waals surface area contributed by atoms with Gasteiger partial charge in [0.05, 0.1) is 21.0 Å². The zero-order valence-electron chi connectivity index (χ0n) is 15.4. The fraction of sp³-hybridized carbons (Fsp3) is 0.263. The lowest BCUT2D eigenvalue weighted by molar-refractivity contribution is -0.120. The highest BCUT2D eigenvalue weighted by Crippen LogP contribution is 2.64. The van der Waals surface area contributed by atoms with Crippen LogP contribution in [0.2, 0.25) is 5.02 Å². The number of halogens is 3. The first-order valence-electron chi connectivity index (χ1n) is 8.44. The number of alkyl halides is 2. The van der Waals surface area contributed by atoms with Gasteiger partial charge in [0.1, 0.15) is 4.33 Å². The van der Waals surface area contributed by atoms with Gasteiger partial charge in [-0.3, -0.25) is 9.59 Å². The average molecular weight is 476 g/mol. The van der Waals surface area contributed by atoms with Crippen LogP contribution < -0.4 is 10.6 Å². The molecule has 0 radical (unpaired) electrons. The Labute approximate surface area is 183 Å². The summed E-state index contributed by atoms with van der Waals surface area (Å²) in [4.78, 5) is 24.8. The van der Waals surface area contributed by atoms with Crippen LogP contribution in [-0.4, -0.2) is 30.8 Å². The van der Waals surface area contributed by atoms with E-state index in [1.54, 1.807) is 13.0 Å². The van der Waals surface area contributed by atoms with E-state index in [0.29, 0.717) is 17.8 Å². The van der Waals surface area contributed by atoms with Crippen molar-refractivity contribution in [1.82, 2.24) is 0 Å². The van der Waals surface area contributed by atoms with Crippen LogP contribution in [0.4, 0.5) is 11.4 Å². The smallest absolute Gasteiger partial charge is 0.255 e. The highest BCUT2D eigenvalue weighted by molar-refractivity contribution is 7.90. The molecule has 0 spiro atoms. The van der Waals surface area contributed by atoms with Gasteiger partial charge in [-0.05, 0) is 49.7 Å². The lowest BCUT2D eigenvalue weighted by Gasteiger charge is -2.14. The maximum absolute atomic E-state index is 12.5. The Kier molecular flexibility index (Phi) is 5.64. The van der Waals surface area contributed by atoms with Crippen molar-refractivity contribution in [2.24, 2.45) is 5.41 Å². The SMILES string of the molecule is CC1(C(=O)Nc2ccc(NC(=O)c3cccc(S(C)(=O)=O)c3)c(Cl)c2)CC1(Cl)Cl. The lowest BCUT2D eigenvalue weighted by atomic mass is 10.1. The molecule has 2 aromatic rings. The number of carbonyl (C=O) groups is 2. The van der Waals surface area contributed by atoms with Gasteiger partial charge >= 0.3 is 0 Å². The van der Waals surface area contributed by atoms with Gasteiger partial charge < -0.3 is 10.6 Å². The molecule has 0 bridgehead atoms. The molecule has 1 fully saturated rings. The van der Waals surface area contributed by atoms with Crippen molar-refractivity contribution in [2.45, 2.75) is 22.6 Å². The van der Waals surface area contributed by atoms with E-state index >= 15 is 0 Å². The van der Waals surface area contributed by atoms with Crippen LogP contribution in [0.25, 0.3) is 0 Å². The first kappa shape index (κ1) is 21.9. The van der Waals surface area contributed by atoms with Gasteiger partial charge in [0.2, 0.25) is 5.91 Å². The largest absolute Gasteiger partial charge is 0.325 e. The molecular weight excluding hydrogens is 459 g/mol. The van der Waals surface area contributed by atoms with E-state index in [2.05, 4.69) is 10.6 Å². The monoisotopic (exact) mass is 474 g/mol. The molecule has 0 saturated heterocycles. The molecule has 1 aliphatic rings. The standard InChI is InChI=1S/C19H17Cl3N2O4S/c1-18(10-19(18,21)22)17(26)23-12-6-7-15(14(20)9-12)24-16(25)11-4-3-5-13(8-11)29(2,27)28/h3-9H,10H2,1-2H3,(H,23,26)(H,24,25). The Hall–Kier alpha value is -1.80. The second-order valence-corrected chi connectivity index (χ2v) is 11.0. The van der Waals surface area contributed by atoms with E-state index in [1.165, 1.54) is 36.4 Å². The van der Waals surface area contributed by atoms with Crippen molar-refractivity contribution >= 4 is 67.8 Å². The van der Waals surface area contributed by atoms with Crippen LogP contribution in [-0.2, 0) is 14.6 Å². The molecular formula is C19H17Cl3N2O4S. The minimum absolute atomic E-state index is 0.0394. The Bertz CT molecular complexity index is 1120. The molecule has 6 nitrogen and oxygen atoms in total. The number of anilines is 2. The van der Waals surface area contributed by atoms with Gasteiger partial charge in [-0.1, -0.05) is 17.7 Å². The maximum Gasteiger partial charge on any atom is 0.255 e. The van der Waals surface area contributed by atoms with Crippen LogP contribution in [0.1, 0.15) is 23.7 Å². The van der Waals surface area contributed by atoms with E-state index in [-0.39, 0.29) is 21.4 Å². The van der Waals surface area contributed by atoms with Gasteiger partial charge in [-0.2, -0.15) is 0 Å². The normalized spacial score (nSPS) is 20.0. The number of rotatable bonds is 5. The van der Waals surface area contributed by atoms with Crippen LogP contribution in [0.5, 0.6) is 0 Å². The number of carbonyl (C=O) groups excluding carboxylic acids is 2. The molecule has 0 aliphatic heterocycles. The van der Waals surface area contributed by atoms with Crippen molar-refractivity contribution in [1.29, 1.82) is 0 Å². The Balaban J connectivity index is 1.73. The molecule has 2 N–H and O–H groups in total. The van der Waals surface area contributed by atoms with Gasteiger partial charge in [0.25, 0.3) is 5.91 Å². The Morgan fingerprint density at radius 1 is 1.07 bits per heavy atom. The van der Waals surface area contributed by atoms with Crippen LogP contribution in [0.3, 0.4) is 0 Å². The third-order valence-electron chi connectivity index (χ3n) is 4.76. The third kappa shape index (κ3) is 4.53. The van der Waals surface area contributed by atoms with Crippen molar-refractivity contribution in [3.05, 3.63) is 53.1 Å².